The highest BCUT2D eigenvalue weighted by Crippen LogP contribution is 2.28. The third-order valence-corrected chi connectivity index (χ3v) is 5.26. The molecule has 7 nitrogen and oxygen atoms in total. The van der Waals surface area contributed by atoms with Gasteiger partial charge >= 0.3 is 5.69 Å². The first kappa shape index (κ1) is 18.4. The zero-order valence-electron chi connectivity index (χ0n) is 16.1. The third kappa shape index (κ3) is 3.33. The Balaban J connectivity index is 1.76. The quantitative estimate of drug-likeness (QED) is 0.728. The average Bonchev–Trinajstić information content (AvgIpc) is 3.04. The van der Waals surface area contributed by atoms with Crippen LogP contribution >= 0.6 is 0 Å². The summed E-state index contributed by atoms with van der Waals surface area (Å²) in [6, 6.07) is 7.66. The number of rotatable bonds is 4. The van der Waals surface area contributed by atoms with Gasteiger partial charge in [0.15, 0.2) is 5.65 Å². The molecule has 1 amide bonds. The van der Waals surface area contributed by atoms with Gasteiger partial charge in [-0.25, -0.2) is 9.78 Å². The van der Waals surface area contributed by atoms with Gasteiger partial charge in [-0.05, 0) is 56.0 Å². The minimum Gasteiger partial charge on any atom is -0.381 e. The van der Waals surface area contributed by atoms with Gasteiger partial charge in [-0.1, -0.05) is 6.07 Å². The molecule has 0 unspecified atom stereocenters. The molecule has 1 saturated heterocycles. The van der Waals surface area contributed by atoms with Crippen LogP contribution in [0.5, 0.6) is 0 Å². The summed E-state index contributed by atoms with van der Waals surface area (Å²) in [5.74, 6) is -0.100. The number of hydrogen-bond donors (Lipinski definition) is 2. The van der Waals surface area contributed by atoms with Gasteiger partial charge in [0.25, 0.3) is 5.91 Å². The number of benzene rings is 1. The number of ether oxygens (including phenoxy) is 1. The molecule has 28 heavy (non-hydrogen) atoms. The summed E-state index contributed by atoms with van der Waals surface area (Å²) in [6.45, 7) is 5.79. The van der Waals surface area contributed by atoms with Crippen molar-refractivity contribution in [1.29, 1.82) is 0 Å². The zero-order valence-corrected chi connectivity index (χ0v) is 16.1. The van der Waals surface area contributed by atoms with E-state index in [0.29, 0.717) is 36.5 Å². The monoisotopic (exact) mass is 380 g/mol. The molecule has 3 aromatic rings. The van der Waals surface area contributed by atoms with Crippen molar-refractivity contribution in [3.8, 4) is 11.1 Å². The summed E-state index contributed by atoms with van der Waals surface area (Å²) in [5.41, 5.74) is 4.68. The van der Waals surface area contributed by atoms with Gasteiger partial charge < -0.3 is 15.0 Å². The molecule has 1 aliphatic rings. The van der Waals surface area contributed by atoms with E-state index in [1.54, 1.807) is 10.8 Å². The lowest BCUT2D eigenvalue weighted by molar-refractivity contribution is 0.0697. The average molecular weight is 380 g/mol. The third-order valence-electron chi connectivity index (χ3n) is 5.26. The summed E-state index contributed by atoms with van der Waals surface area (Å²) in [4.78, 5) is 32.3. The number of pyridine rings is 1. The van der Waals surface area contributed by atoms with Crippen molar-refractivity contribution in [3.63, 3.8) is 0 Å². The van der Waals surface area contributed by atoms with Gasteiger partial charge in [0.1, 0.15) is 0 Å². The number of nitrogens with one attached hydrogen (secondary N) is 2. The number of nitrogens with zero attached hydrogens (tertiary/aromatic N) is 2. The predicted molar refractivity (Wildman–Crippen MR) is 108 cm³/mol. The summed E-state index contributed by atoms with van der Waals surface area (Å²) in [6.07, 6.45) is 3.39. The fourth-order valence-electron chi connectivity index (χ4n) is 3.78. The van der Waals surface area contributed by atoms with E-state index in [0.717, 1.165) is 29.5 Å². The lowest BCUT2D eigenvalue weighted by Crippen LogP contribution is -2.27. The molecular formula is C21H24N4O3. The predicted octanol–water partition coefficient (Wildman–Crippen LogP) is 2.80. The van der Waals surface area contributed by atoms with Crippen LogP contribution in [0.2, 0.25) is 0 Å². The van der Waals surface area contributed by atoms with E-state index in [1.807, 2.05) is 38.1 Å². The summed E-state index contributed by atoms with van der Waals surface area (Å²) in [7, 11) is 0. The maximum absolute atomic E-state index is 12.5. The van der Waals surface area contributed by atoms with Gasteiger partial charge in [-0.3, -0.25) is 9.36 Å². The minimum absolute atomic E-state index is 0.100. The lowest BCUT2D eigenvalue weighted by atomic mass is 9.99. The van der Waals surface area contributed by atoms with Crippen LogP contribution in [0.15, 0.2) is 35.3 Å². The topological polar surface area (TPSA) is 89.0 Å². The Kier molecular flexibility index (Phi) is 5.00. The highest BCUT2D eigenvalue weighted by molar-refractivity contribution is 5.96. The molecule has 0 spiro atoms. The first-order chi connectivity index (χ1) is 13.6. The van der Waals surface area contributed by atoms with Gasteiger partial charge in [-0.2, -0.15) is 0 Å². The van der Waals surface area contributed by atoms with Gasteiger partial charge in [0, 0.05) is 43.1 Å². The molecule has 0 aliphatic carbocycles. The zero-order chi connectivity index (χ0) is 19.7. The van der Waals surface area contributed by atoms with E-state index < -0.39 is 0 Å². The van der Waals surface area contributed by atoms with Crippen molar-refractivity contribution in [1.82, 2.24) is 19.9 Å². The summed E-state index contributed by atoms with van der Waals surface area (Å²) < 4.78 is 7.16. The molecule has 146 valence electrons. The van der Waals surface area contributed by atoms with Crippen molar-refractivity contribution in [2.45, 2.75) is 32.7 Å². The minimum atomic E-state index is -0.139. The molecule has 0 atom stereocenters. The largest absolute Gasteiger partial charge is 0.381 e. The molecular weight excluding hydrogens is 356 g/mol. The fourth-order valence-corrected chi connectivity index (χ4v) is 3.78. The van der Waals surface area contributed by atoms with Gasteiger partial charge in [-0.15, -0.1) is 0 Å². The number of aromatic nitrogens is 3. The molecule has 7 heteroatoms. The number of carbonyl (C=O) groups is 1. The van der Waals surface area contributed by atoms with Crippen molar-refractivity contribution in [2.24, 2.45) is 0 Å². The number of imidazole rings is 1. The molecule has 1 aliphatic heterocycles. The lowest BCUT2D eigenvalue weighted by Gasteiger charge is -2.22. The first-order valence-electron chi connectivity index (χ1n) is 9.65. The standard InChI is InChI=1S/C21H24N4O3/c1-3-22-20(26)14-5-4-13(2)17(10-14)15-11-18-19(23-12-15)25(21(27)24-18)16-6-8-28-9-7-16/h4-5,10-12,16H,3,6-9H2,1-2H3,(H,22,26)(H,24,27). The molecule has 0 saturated carbocycles. The van der Waals surface area contributed by atoms with E-state index in [-0.39, 0.29) is 17.6 Å². The Bertz CT molecular complexity index is 1080. The number of aryl methyl sites for hydroxylation is 1. The number of hydrogen-bond acceptors (Lipinski definition) is 4. The number of aromatic amines is 1. The molecule has 2 N–H and O–H groups in total. The first-order valence-corrected chi connectivity index (χ1v) is 9.65. The van der Waals surface area contributed by atoms with Crippen LogP contribution in [0.25, 0.3) is 22.3 Å². The van der Waals surface area contributed by atoms with Gasteiger partial charge in [0.05, 0.1) is 5.52 Å². The van der Waals surface area contributed by atoms with Crippen molar-refractivity contribution < 1.29 is 9.53 Å². The molecule has 0 radical (unpaired) electrons. The molecule has 4 rings (SSSR count). The number of fused-ring (bicyclic) bond motifs is 1. The van der Waals surface area contributed by atoms with Crippen LogP contribution in [0.4, 0.5) is 0 Å². The molecule has 0 bridgehead atoms. The summed E-state index contributed by atoms with van der Waals surface area (Å²) >= 11 is 0. The highest BCUT2D eigenvalue weighted by Gasteiger charge is 2.21. The van der Waals surface area contributed by atoms with E-state index in [4.69, 9.17) is 4.74 Å². The Labute approximate surface area is 162 Å². The normalized spacial score (nSPS) is 15.1. The maximum atomic E-state index is 12.5. The Morgan fingerprint density at radius 2 is 2.11 bits per heavy atom. The second-order valence-corrected chi connectivity index (χ2v) is 7.13. The molecule has 1 aromatic carbocycles. The SMILES string of the molecule is CCNC(=O)c1ccc(C)c(-c2cnc3c(c2)[nH]c(=O)n3C2CCOCC2)c1. The van der Waals surface area contributed by atoms with E-state index in [2.05, 4.69) is 15.3 Å². The van der Waals surface area contributed by atoms with E-state index in [9.17, 15) is 9.59 Å². The van der Waals surface area contributed by atoms with Crippen LogP contribution in [0.1, 0.15) is 41.7 Å². The van der Waals surface area contributed by atoms with Crippen molar-refractivity contribution >= 4 is 17.1 Å². The van der Waals surface area contributed by atoms with Crippen molar-refractivity contribution in [3.05, 3.63) is 52.1 Å². The smallest absolute Gasteiger partial charge is 0.327 e. The van der Waals surface area contributed by atoms with Crippen LogP contribution in [-0.4, -0.2) is 40.2 Å². The molecule has 2 aromatic heterocycles. The Hall–Kier alpha value is -2.93. The fraction of sp³-hybridized carbons (Fsp3) is 0.381. The number of carbonyl (C=O) groups excluding carboxylic acids is 1. The molecule has 1 fully saturated rings. The van der Waals surface area contributed by atoms with E-state index >= 15 is 0 Å². The highest BCUT2D eigenvalue weighted by atomic mass is 16.5. The summed E-state index contributed by atoms with van der Waals surface area (Å²) in [5, 5.41) is 2.82. The van der Waals surface area contributed by atoms with E-state index in [1.165, 1.54) is 0 Å². The number of amides is 1. The van der Waals surface area contributed by atoms with Crippen LogP contribution in [-0.2, 0) is 4.74 Å². The molecule has 3 heterocycles. The number of H-pyrrole nitrogens is 1. The van der Waals surface area contributed by atoms with Crippen LogP contribution in [0.3, 0.4) is 0 Å². The second-order valence-electron chi connectivity index (χ2n) is 7.13. The van der Waals surface area contributed by atoms with Gasteiger partial charge in [0.2, 0.25) is 0 Å². The Morgan fingerprint density at radius 3 is 2.86 bits per heavy atom. The maximum Gasteiger partial charge on any atom is 0.327 e. The second kappa shape index (κ2) is 7.59. The van der Waals surface area contributed by atoms with Crippen LogP contribution in [0, 0.1) is 6.92 Å². The van der Waals surface area contributed by atoms with Crippen LogP contribution < -0.4 is 11.0 Å². The Morgan fingerprint density at radius 1 is 1.32 bits per heavy atom. The van der Waals surface area contributed by atoms with Crippen molar-refractivity contribution in [2.75, 3.05) is 19.8 Å².